The highest BCUT2D eigenvalue weighted by molar-refractivity contribution is 8.01. The predicted molar refractivity (Wildman–Crippen MR) is 74.8 cm³/mol. The first-order chi connectivity index (χ1) is 9.29. The van der Waals surface area contributed by atoms with E-state index in [1.807, 2.05) is 31.2 Å². The van der Waals surface area contributed by atoms with Gasteiger partial charge in [-0.25, -0.2) is 9.10 Å². The summed E-state index contributed by atoms with van der Waals surface area (Å²) in [5, 5.41) is 0. The first kappa shape index (κ1) is 12.4. The zero-order valence-electron chi connectivity index (χ0n) is 10.7. The molecule has 3 rings (SSSR count). The van der Waals surface area contributed by atoms with Crippen LogP contribution in [0.2, 0.25) is 0 Å². The molecule has 0 unspecified atom stereocenters. The summed E-state index contributed by atoms with van der Waals surface area (Å²) in [5.74, 6) is 0.902. The Balaban J connectivity index is 1.88. The lowest BCUT2D eigenvalue weighted by Gasteiger charge is -2.16. The molecule has 4 nitrogen and oxygen atoms in total. The molecule has 0 aliphatic carbocycles. The summed E-state index contributed by atoms with van der Waals surface area (Å²) in [6, 6.07) is 7.99. The second-order valence-electron chi connectivity index (χ2n) is 4.32. The molecule has 0 atom stereocenters. The van der Waals surface area contributed by atoms with E-state index in [4.69, 9.17) is 9.47 Å². The Bertz CT molecular complexity index is 541. The minimum Gasteiger partial charge on any atom is -0.493 e. The van der Waals surface area contributed by atoms with Crippen LogP contribution in [0.1, 0.15) is 18.9 Å². The van der Waals surface area contributed by atoms with E-state index in [0.29, 0.717) is 19.8 Å². The third-order valence-corrected chi connectivity index (χ3v) is 4.30. The third kappa shape index (κ3) is 2.30. The maximum Gasteiger partial charge on any atom is 0.420 e. The smallest absolute Gasteiger partial charge is 0.420 e. The Morgan fingerprint density at radius 3 is 3.16 bits per heavy atom. The van der Waals surface area contributed by atoms with Gasteiger partial charge in [-0.1, -0.05) is 18.2 Å². The van der Waals surface area contributed by atoms with Gasteiger partial charge in [-0.05, 0) is 30.5 Å². The molecule has 0 fully saturated rings. The zero-order valence-corrected chi connectivity index (χ0v) is 11.5. The Morgan fingerprint density at radius 2 is 2.32 bits per heavy atom. The number of carbonyl (C=O) groups excluding carboxylic acids is 1. The molecule has 100 valence electrons. The second kappa shape index (κ2) is 5.17. The number of amides is 1. The van der Waals surface area contributed by atoms with Crippen LogP contribution in [0.4, 0.5) is 4.79 Å². The number of hydrogen-bond donors (Lipinski definition) is 0. The lowest BCUT2D eigenvalue weighted by molar-refractivity contribution is 0.137. The molecule has 1 aromatic rings. The Labute approximate surface area is 116 Å². The molecule has 0 saturated carbocycles. The summed E-state index contributed by atoms with van der Waals surface area (Å²) in [6.07, 6.45) is 0.573. The lowest BCUT2D eigenvalue weighted by Crippen LogP contribution is -2.23. The minimum absolute atomic E-state index is 0.265. The molecule has 2 aliphatic heterocycles. The highest BCUT2D eigenvalue weighted by Gasteiger charge is 2.31. The number of hydrogen-bond acceptors (Lipinski definition) is 4. The number of ether oxygens (including phenoxy) is 2. The van der Waals surface area contributed by atoms with Crippen molar-refractivity contribution in [1.29, 1.82) is 0 Å². The van der Waals surface area contributed by atoms with Gasteiger partial charge in [0.1, 0.15) is 5.75 Å². The van der Waals surface area contributed by atoms with Crippen LogP contribution in [0, 0.1) is 0 Å². The minimum atomic E-state index is -0.265. The largest absolute Gasteiger partial charge is 0.493 e. The highest BCUT2D eigenvalue weighted by Crippen LogP contribution is 2.44. The molecule has 0 saturated heterocycles. The van der Waals surface area contributed by atoms with Crippen LogP contribution in [0.5, 0.6) is 5.75 Å². The number of rotatable bonds is 1. The lowest BCUT2D eigenvalue weighted by atomic mass is 10.0. The molecule has 0 N–H and O–H groups in total. The maximum atomic E-state index is 11.8. The molecule has 0 aromatic heterocycles. The van der Waals surface area contributed by atoms with Crippen molar-refractivity contribution in [3.05, 3.63) is 34.7 Å². The van der Waals surface area contributed by atoms with E-state index in [-0.39, 0.29) is 6.09 Å². The monoisotopic (exact) mass is 277 g/mol. The van der Waals surface area contributed by atoms with Gasteiger partial charge >= 0.3 is 6.09 Å². The van der Waals surface area contributed by atoms with Crippen molar-refractivity contribution in [2.24, 2.45) is 0 Å². The van der Waals surface area contributed by atoms with Crippen molar-refractivity contribution in [3.63, 3.8) is 0 Å². The summed E-state index contributed by atoms with van der Waals surface area (Å²) >= 11 is 1.48. The van der Waals surface area contributed by atoms with E-state index in [1.54, 1.807) is 4.31 Å². The molecule has 0 spiro atoms. The van der Waals surface area contributed by atoms with Gasteiger partial charge in [0.15, 0.2) is 0 Å². The zero-order chi connectivity index (χ0) is 13.2. The first-order valence-electron chi connectivity index (χ1n) is 6.36. The SMILES string of the molecule is CCOC(=O)N1CC2=C(CCOc3ccccc32)S1. The van der Waals surface area contributed by atoms with Crippen molar-refractivity contribution in [2.75, 3.05) is 19.8 Å². The summed E-state index contributed by atoms with van der Waals surface area (Å²) in [5.41, 5.74) is 2.28. The number of benzene rings is 1. The average Bonchev–Trinajstić information content (AvgIpc) is 2.77. The number of fused-ring (bicyclic) bond motifs is 2. The standard InChI is InChI=1S/C14H15NO3S/c1-2-17-14(16)15-9-11-10-5-3-4-6-12(10)18-8-7-13(11)19-15/h3-6H,2,7-9H2,1H3. The van der Waals surface area contributed by atoms with E-state index < -0.39 is 0 Å². The van der Waals surface area contributed by atoms with Crippen LogP contribution in [-0.2, 0) is 4.74 Å². The van der Waals surface area contributed by atoms with Gasteiger partial charge in [0.25, 0.3) is 0 Å². The normalized spacial score (nSPS) is 17.4. The van der Waals surface area contributed by atoms with Crippen molar-refractivity contribution < 1.29 is 14.3 Å². The Morgan fingerprint density at radius 1 is 1.47 bits per heavy atom. The number of para-hydroxylation sites is 1. The molecule has 2 aliphatic rings. The average molecular weight is 277 g/mol. The van der Waals surface area contributed by atoms with Crippen molar-refractivity contribution in [2.45, 2.75) is 13.3 Å². The highest BCUT2D eigenvalue weighted by atomic mass is 32.2. The molecular formula is C14H15NO3S. The van der Waals surface area contributed by atoms with Crippen LogP contribution in [0.25, 0.3) is 5.57 Å². The van der Waals surface area contributed by atoms with Crippen LogP contribution < -0.4 is 4.74 Å². The topological polar surface area (TPSA) is 38.8 Å². The Kier molecular flexibility index (Phi) is 3.38. The summed E-state index contributed by atoms with van der Waals surface area (Å²) in [6.45, 7) is 3.46. The van der Waals surface area contributed by atoms with Gasteiger partial charge in [0.2, 0.25) is 0 Å². The Hall–Kier alpha value is -1.62. The number of nitrogens with zero attached hydrogens (tertiary/aromatic N) is 1. The fraction of sp³-hybridized carbons (Fsp3) is 0.357. The van der Waals surface area contributed by atoms with Crippen molar-refractivity contribution in [3.8, 4) is 5.75 Å². The predicted octanol–water partition coefficient (Wildman–Crippen LogP) is 3.30. The fourth-order valence-corrected chi connectivity index (χ4v) is 3.32. The van der Waals surface area contributed by atoms with E-state index in [9.17, 15) is 4.79 Å². The van der Waals surface area contributed by atoms with E-state index >= 15 is 0 Å². The van der Waals surface area contributed by atoms with E-state index in [1.165, 1.54) is 22.4 Å². The van der Waals surface area contributed by atoms with Crippen LogP contribution in [-0.4, -0.2) is 30.2 Å². The first-order valence-corrected chi connectivity index (χ1v) is 7.13. The molecular weight excluding hydrogens is 262 g/mol. The van der Waals surface area contributed by atoms with Crippen molar-refractivity contribution in [1.82, 2.24) is 4.31 Å². The molecule has 19 heavy (non-hydrogen) atoms. The molecule has 5 heteroatoms. The van der Waals surface area contributed by atoms with E-state index in [2.05, 4.69) is 0 Å². The third-order valence-electron chi connectivity index (χ3n) is 3.13. The quantitative estimate of drug-likeness (QED) is 0.738. The van der Waals surface area contributed by atoms with Gasteiger partial charge in [-0.2, -0.15) is 0 Å². The molecule has 0 radical (unpaired) electrons. The summed E-state index contributed by atoms with van der Waals surface area (Å²) < 4.78 is 12.5. The van der Waals surface area contributed by atoms with E-state index in [0.717, 1.165) is 17.7 Å². The summed E-state index contributed by atoms with van der Waals surface area (Å²) in [4.78, 5) is 13.0. The van der Waals surface area contributed by atoms with Crippen LogP contribution in [0.15, 0.2) is 29.2 Å². The van der Waals surface area contributed by atoms with Gasteiger partial charge < -0.3 is 9.47 Å². The van der Waals surface area contributed by atoms with Gasteiger partial charge in [-0.15, -0.1) is 0 Å². The molecule has 0 bridgehead atoms. The van der Waals surface area contributed by atoms with Gasteiger partial charge in [0, 0.05) is 16.9 Å². The number of carbonyl (C=O) groups is 1. The van der Waals surface area contributed by atoms with Gasteiger partial charge in [0.05, 0.1) is 19.8 Å². The van der Waals surface area contributed by atoms with Gasteiger partial charge in [-0.3, -0.25) is 0 Å². The maximum absolute atomic E-state index is 11.8. The molecule has 1 amide bonds. The second-order valence-corrected chi connectivity index (χ2v) is 5.44. The fourth-order valence-electron chi connectivity index (χ4n) is 2.28. The van der Waals surface area contributed by atoms with Crippen LogP contribution >= 0.6 is 11.9 Å². The summed E-state index contributed by atoms with van der Waals surface area (Å²) in [7, 11) is 0. The molecule has 1 aromatic carbocycles. The van der Waals surface area contributed by atoms with Crippen LogP contribution in [0.3, 0.4) is 0 Å². The van der Waals surface area contributed by atoms with Crippen molar-refractivity contribution >= 4 is 23.6 Å². The molecule has 2 heterocycles.